The number of rotatable bonds is 7. The Hall–Kier alpha value is -2.95. The SMILES string of the molecule is O=C([O-])CCC(=O)O[C@@H](C(=O)c1ccccc1)c1ccccc1. The van der Waals surface area contributed by atoms with Gasteiger partial charge in [-0.15, -0.1) is 0 Å². The van der Waals surface area contributed by atoms with Crippen molar-refractivity contribution in [2.75, 3.05) is 0 Å². The van der Waals surface area contributed by atoms with Crippen LogP contribution < -0.4 is 5.11 Å². The van der Waals surface area contributed by atoms with Crippen molar-refractivity contribution in [1.29, 1.82) is 0 Å². The van der Waals surface area contributed by atoms with Crippen molar-refractivity contribution in [1.82, 2.24) is 0 Å². The van der Waals surface area contributed by atoms with Gasteiger partial charge in [0, 0.05) is 17.1 Å². The summed E-state index contributed by atoms with van der Waals surface area (Å²) in [4.78, 5) is 34.8. The van der Waals surface area contributed by atoms with E-state index in [2.05, 4.69) is 0 Å². The first-order chi connectivity index (χ1) is 11.1. The monoisotopic (exact) mass is 311 g/mol. The van der Waals surface area contributed by atoms with Crippen LogP contribution in [0.3, 0.4) is 0 Å². The van der Waals surface area contributed by atoms with Gasteiger partial charge in [0.1, 0.15) is 0 Å². The van der Waals surface area contributed by atoms with Crippen LogP contribution in [-0.2, 0) is 14.3 Å². The molecule has 2 rings (SSSR count). The molecule has 0 spiro atoms. The van der Waals surface area contributed by atoms with Gasteiger partial charge in [0.15, 0.2) is 6.10 Å². The van der Waals surface area contributed by atoms with E-state index in [4.69, 9.17) is 4.74 Å². The van der Waals surface area contributed by atoms with Crippen molar-refractivity contribution in [3.8, 4) is 0 Å². The highest BCUT2D eigenvalue weighted by Gasteiger charge is 2.25. The minimum atomic E-state index is -1.34. The van der Waals surface area contributed by atoms with Gasteiger partial charge in [0.05, 0.1) is 6.42 Å². The summed E-state index contributed by atoms with van der Waals surface area (Å²) < 4.78 is 5.22. The molecule has 0 unspecified atom stereocenters. The lowest BCUT2D eigenvalue weighted by atomic mass is 10.00. The van der Waals surface area contributed by atoms with E-state index in [-0.39, 0.29) is 12.2 Å². The van der Waals surface area contributed by atoms with Gasteiger partial charge in [-0.25, -0.2) is 0 Å². The van der Waals surface area contributed by atoms with Crippen LogP contribution in [0.4, 0.5) is 0 Å². The molecule has 0 bridgehead atoms. The summed E-state index contributed by atoms with van der Waals surface area (Å²) in [5, 5.41) is 10.4. The first-order valence-corrected chi connectivity index (χ1v) is 7.11. The molecule has 0 N–H and O–H groups in total. The minimum absolute atomic E-state index is 0.340. The van der Waals surface area contributed by atoms with Crippen LogP contribution in [0.1, 0.15) is 34.9 Å². The summed E-state index contributed by atoms with van der Waals surface area (Å²) in [5.74, 6) is -2.46. The maximum absolute atomic E-state index is 12.6. The second-order valence-corrected chi connectivity index (χ2v) is 4.88. The van der Waals surface area contributed by atoms with Crippen molar-refractivity contribution in [3.05, 3.63) is 71.8 Å². The molecular formula is C18H15O5-. The van der Waals surface area contributed by atoms with Crippen LogP contribution >= 0.6 is 0 Å². The van der Waals surface area contributed by atoms with E-state index in [9.17, 15) is 19.5 Å². The normalized spacial score (nSPS) is 11.5. The molecule has 0 aliphatic heterocycles. The minimum Gasteiger partial charge on any atom is -0.550 e. The fourth-order valence-corrected chi connectivity index (χ4v) is 2.05. The molecule has 0 saturated carbocycles. The first kappa shape index (κ1) is 16.4. The topological polar surface area (TPSA) is 83.5 Å². The summed E-state index contributed by atoms with van der Waals surface area (Å²) in [6, 6.07) is 17.1. The molecule has 0 aliphatic rings. The van der Waals surface area contributed by atoms with Gasteiger partial charge < -0.3 is 14.6 Å². The Morgan fingerprint density at radius 2 is 1.43 bits per heavy atom. The molecular weight excluding hydrogens is 296 g/mol. The summed E-state index contributed by atoms with van der Waals surface area (Å²) >= 11 is 0. The number of benzene rings is 2. The van der Waals surface area contributed by atoms with Crippen molar-refractivity contribution in [3.63, 3.8) is 0 Å². The van der Waals surface area contributed by atoms with Gasteiger partial charge >= 0.3 is 5.97 Å². The largest absolute Gasteiger partial charge is 0.550 e. The van der Waals surface area contributed by atoms with Gasteiger partial charge in [-0.1, -0.05) is 60.7 Å². The van der Waals surface area contributed by atoms with E-state index in [1.54, 1.807) is 60.7 Å². The lowest BCUT2D eigenvalue weighted by molar-refractivity contribution is -0.305. The van der Waals surface area contributed by atoms with Crippen LogP contribution in [0.15, 0.2) is 60.7 Å². The Morgan fingerprint density at radius 3 is 2.00 bits per heavy atom. The molecule has 1 atom stereocenters. The zero-order chi connectivity index (χ0) is 16.7. The predicted molar refractivity (Wildman–Crippen MR) is 80.3 cm³/mol. The van der Waals surface area contributed by atoms with Gasteiger partial charge in [-0.3, -0.25) is 9.59 Å². The number of carbonyl (C=O) groups is 3. The lowest BCUT2D eigenvalue weighted by Crippen LogP contribution is -2.25. The highest BCUT2D eigenvalue weighted by atomic mass is 16.5. The molecule has 0 aliphatic carbocycles. The van der Waals surface area contributed by atoms with Gasteiger partial charge in [-0.2, -0.15) is 0 Å². The van der Waals surface area contributed by atoms with E-state index in [1.807, 2.05) is 0 Å². The lowest BCUT2D eigenvalue weighted by Gasteiger charge is -2.17. The number of carboxylic acid groups (broad SMARTS) is 1. The number of aliphatic carboxylic acids is 1. The Labute approximate surface area is 133 Å². The third-order valence-electron chi connectivity index (χ3n) is 3.18. The zero-order valence-corrected chi connectivity index (χ0v) is 12.3. The maximum Gasteiger partial charge on any atom is 0.307 e. The van der Waals surface area contributed by atoms with Crippen molar-refractivity contribution in [2.24, 2.45) is 0 Å². The number of ketones is 1. The van der Waals surface area contributed by atoms with Crippen LogP contribution in [0.5, 0.6) is 0 Å². The van der Waals surface area contributed by atoms with Crippen LogP contribution in [0, 0.1) is 0 Å². The maximum atomic E-state index is 12.6. The van der Waals surface area contributed by atoms with E-state index in [1.165, 1.54) is 0 Å². The smallest absolute Gasteiger partial charge is 0.307 e. The highest BCUT2D eigenvalue weighted by Crippen LogP contribution is 2.23. The van der Waals surface area contributed by atoms with Crippen LogP contribution in [0.25, 0.3) is 0 Å². The van der Waals surface area contributed by atoms with Crippen molar-refractivity contribution < 1.29 is 24.2 Å². The second-order valence-electron chi connectivity index (χ2n) is 4.88. The summed E-state index contributed by atoms with van der Waals surface area (Å²) in [6.07, 6.45) is -1.89. The Balaban J connectivity index is 2.21. The molecule has 2 aromatic carbocycles. The number of hydrogen-bond acceptors (Lipinski definition) is 5. The number of esters is 1. The molecule has 5 heteroatoms. The summed E-state index contributed by atoms with van der Waals surface area (Å²) in [5.41, 5.74) is 0.942. The molecule has 2 aromatic rings. The predicted octanol–water partition coefficient (Wildman–Crippen LogP) is 1.68. The number of carbonyl (C=O) groups excluding carboxylic acids is 3. The van der Waals surface area contributed by atoms with Crippen LogP contribution in [0.2, 0.25) is 0 Å². The van der Waals surface area contributed by atoms with Crippen LogP contribution in [-0.4, -0.2) is 17.7 Å². The standard InChI is InChI=1S/C18H16O5/c19-15(20)11-12-16(21)23-18(14-9-5-2-6-10-14)17(22)13-7-3-1-4-8-13/h1-10,18H,11-12H2,(H,19,20)/p-1/t18-/m1/s1. The fourth-order valence-electron chi connectivity index (χ4n) is 2.05. The molecule has 0 fully saturated rings. The molecule has 0 amide bonds. The highest BCUT2D eigenvalue weighted by molar-refractivity contribution is 6.01. The summed E-state index contributed by atoms with van der Waals surface area (Å²) in [6.45, 7) is 0. The van der Waals surface area contributed by atoms with E-state index < -0.39 is 24.5 Å². The Kier molecular flexibility index (Phi) is 5.63. The number of carboxylic acids is 1. The van der Waals surface area contributed by atoms with Crippen molar-refractivity contribution in [2.45, 2.75) is 18.9 Å². The molecule has 23 heavy (non-hydrogen) atoms. The Morgan fingerprint density at radius 1 is 0.870 bits per heavy atom. The zero-order valence-electron chi connectivity index (χ0n) is 12.3. The average molecular weight is 311 g/mol. The average Bonchev–Trinajstić information content (AvgIpc) is 2.59. The first-order valence-electron chi connectivity index (χ1n) is 7.11. The molecule has 0 heterocycles. The summed E-state index contributed by atoms with van der Waals surface area (Å²) in [7, 11) is 0. The third kappa shape index (κ3) is 4.78. The second kappa shape index (κ2) is 7.89. The number of Topliss-reactive ketones (excluding diaryl/α,β-unsaturated/α-hetero) is 1. The fraction of sp³-hybridized carbons (Fsp3) is 0.167. The van der Waals surface area contributed by atoms with Gasteiger partial charge in [0.2, 0.25) is 5.78 Å². The molecule has 0 aromatic heterocycles. The third-order valence-corrected chi connectivity index (χ3v) is 3.18. The number of hydrogen-bond donors (Lipinski definition) is 0. The number of ether oxygens (including phenoxy) is 1. The van der Waals surface area contributed by atoms with E-state index in [0.717, 1.165) is 0 Å². The van der Waals surface area contributed by atoms with Crippen molar-refractivity contribution >= 4 is 17.7 Å². The van der Waals surface area contributed by atoms with Gasteiger partial charge in [-0.05, 0) is 6.42 Å². The van der Waals surface area contributed by atoms with Gasteiger partial charge in [0.25, 0.3) is 0 Å². The molecule has 5 nitrogen and oxygen atoms in total. The Bertz CT molecular complexity index is 679. The molecule has 118 valence electrons. The van der Waals surface area contributed by atoms with E-state index in [0.29, 0.717) is 11.1 Å². The molecule has 0 radical (unpaired) electrons. The molecule has 0 saturated heterocycles. The quantitative estimate of drug-likeness (QED) is 0.574. The van der Waals surface area contributed by atoms with E-state index >= 15 is 0 Å².